The van der Waals surface area contributed by atoms with Crippen molar-refractivity contribution in [2.75, 3.05) is 0 Å². The molecule has 0 aliphatic rings. The molecule has 0 aliphatic carbocycles. The normalized spacial score (nSPS) is 11.7. The molecule has 0 heterocycles. The van der Waals surface area contributed by atoms with E-state index in [0.29, 0.717) is 22.5 Å². The summed E-state index contributed by atoms with van der Waals surface area (Å²) in [6.07, 6.45) is 9.80. The highest BCUT2D eigenvalue weighted by Gasteiger charge is 2.10. The van der Waals surface area contributed by atoms with E-state index in [-0.39, 0.29) is 11.4 Å². The van der Waals surface area contributed by atoms with E-state index in [0.717, 1.165) is 11.1 Å². The summed E-state index contributed by atoms with van der Waals surface area (Å²) in [6.45, 7) is 0. The molecule has 4 aromatic carbocycles. The molecule has 4 aromatic rings. The standard InChI is InChI=1S/C30H22N4O4/c35-33(36)29-19-7-1-11-23(29)13-9-21-31-27-17-5-3-15-25(27)26-16-4-6-18-28(26)32-22-10-14-24-12-2-8-20-30(24)34(37)38/h1-22H. The summed E-state index contributed by atoms with van der Waals surface area (Å²) >= 11 is 0. The molecule has 8 heteroatoms. The minimum Gasteiger partial charge on any atom is -0.258 e. The smallest absolute Gasteiger partial charge is 0.258 e. The minimum atomic E-state index is -0.417. The average molecular weight is 503 g/mol. The molecule has 0 unspecified atom stereocenters. The lowest BCUT2D eigenvalue weighted by atomic mass is 10.0. The summed E-state index contributed by atoms with van der Waals surface area (Å²) in [6, 6.07) is 28.2. The fourth-order valence-electron chi connectivity index (χ4n) is 3.76. The summed E-state index contributed by atoms with van der Waals surface area (Å²) < 4.78 is 0. The molecule has 0 saturated heterocycles. The first-order valence-corrected chi connectivity index (χ1v) is 11.6. The van der Waals surface area contributed by atoms with Crippen LogP contribution >= 0.6 is 0 Å². The van der Waals surface area contributed by atoms with Crippen molar-refractivity contribution in [1.82, 2.24) is 0 Å². The van der Waals surface area contributed by atoms with Crippen LogP contribution in [0.4, 0.5) is 22.7 Å². The van der Waals surface area contributed by atoms with E-state index < -0.39 is 9.85 Å². The van der Waals surface area contributed by atoms with Gasteiger partial charge in [-0.05, 0) is 48.6 Å². The van der Waals surface area contributed by atoms with Crippen LogP contribution in [0.25, 0.3) is 23.3 Å². The van der Waals surface area contributed by atoms with Gasteiger partial charge in [-0.15, -0.1) is 0 Å². The Kier molecular flexibility index (Phi) is 8.39. The Balaban J connectivity index is 1.57. The molecule has 0 aromatic heterocycles. The fraction of sp³-hybridized carbons (Fsp3) is 0. The van der Waals surface area contributed by atoms with Gasteiger partial charge in [0.05, 0.1) is 32.3 Å². The van der Waals surface area contributed by atoms with Crippen molar-refractivity contribution in [3.8, 4) is 11.1 Å². The van der Waals surface area contributed by atoms with E-state index in [2.05, 4.69) is 9.98 Å². The van der Waals surface area contributed by atoms with E-state index in [1.165, 1.54) is 12.1 Å². The number of aliphatic imine (C=N–C) groups is 2. The Bertz CT molecular complexity index is 1470. The van der Waals surface area contributed by atoms with Gasteiger partial charge in [-0.1, -0.05) is 60.7 Å². The average Bonchev–Trinajstić information content (AvgIpc) is 2.94. The Morgan fingerprint density at radius 3 is 1.32 bits per heavy atom. The largest absolute Gasteiger partial charge is 0.276 e. The lowest BCUT2D eigenvalue weighted by molar-refractivity contribution is -0.385. The van der Waals surface area contributed by atoms with Crippen LogP contribution < -0.4 is 0 Å². The van der Waals surface area contributed by atoms with Gasteiger partial charge in [-0.2, -0.15) is 0 Å². The Morgan fingerprint density at radius 2 is 0.895 bits per heavy atom. The minimum absolute atomic E-state index is 0.0280. The highest BCUT2D eigenvalue weighted by atomic mass is 16.6. The molecule has 0 aliphatic heterocycles. The molecular formula is C30H22N4O4. The van der Waals surface area contributed by atoms with E-state index in [4.69, 9.17) is 0 Å². The summed E-state index contributed by atoms with van der Waals surface area (Å²) in [4.78, 5) is 30.7. The number of hydrogen-bond acceptors (Lipinski definition) is 6. The zero-order valence-corrected chi connectivity index (χ0v) is 20.1. The van der Waals surface area contributed by atoms with Crippen molar-refractivity contribution in [3.63, 3.8) is 0 Å². The van der Waals surface area contributed by atoms with Gasteiger partial charge in [0.15, 0.2) is 0 Å². The molecule has 4 rings (SSSR count). The van der Waals surface area contributed by atoms with Crippen LogP contribution in [0.1, 0.15) is 11.1 Å². The Labute approximate surface area is 219 Å². The van der Waals surface area contributed by atoms with E-state index in [1.807, 2.05) is 48.5 Å². The first kappa shape index (κ1) is 25.6. The predicted octanol–water partition coefficient (Wildman–Crippen LogP) is 8.00. The van der Waals surface area contributed by atoms with Crippen LogP contribution in [0.5, 0.6) is 0 Å². The third-order valence-electron chi connectivity index (χ3n) is 5.52. The molecule has 8 nitrogen and oxygen atoms in total. The first-order valence-electron chi connectivity index (χ1n) is 11.6. The Morgan fingerprint density at radius 1 is 0.526 bits per heavy atom. The van der Waals surface area contributed by atoms with Crippen molar-refractivity contribution < 1.29 is 9.85 Å². The molecule has 0 spiro atoms. The molecule has 0 bridgehead atoms. The SMILES string of the molecule is O=[N+]([O-])c1ccccc1C=CC=Nc1ccccc1-c1ccccc1N=CC=Cc1ccccc1[N+](=O)[O-]. The number of rotatable bonds is 9. The van der Waals surface area contributed by atoms with Crippen LogP contribution in [0.15, 0.2) is 119 Å². The summed E-state index contributed by atoms with van der Waals surface area (Å²) in [7, 11) is 0. The lowest BCUT2D eigenvalue weighted by Gasteiger charge is -2.08. The summed E-state index contributed by atoms with van der Waals surface area (Å²) in [5, 5.41) is 22.4. The number of benzene rings is 4. The molecule has 0 atom stereocenters. The third-order valence-corrected chi connectivity index (χ3v) is 5.52. The van der Waals surface area contributed by atoms with E-state index in [9.17, 15) is 20.2 Å². The van der Waals surface area contributed by atoms with Crippen molar-refractivity contribution in [2.24, 2.45) is 9.98 Å². The van der Waals surface area contributed by atoms with Crippen molar-refractivity contribution in [3.05, 3.63) is 141 Å². The number of para-hydroxylation sites is 4. The molecule has 0 radical (unpaired) electrons. The van der Waals surface area contributed by atoms with Crippen molar-refractivity contribution >= 4 is 47.3 Å². The first-order chi connectivity index (χ1) is 18.5. The Hall–Kier alpha value is -5.50. The second kappa shape index (κ2) is 12.5. The maximum atomic E-state index is 11.2. The molecule has 38 heavy (non-hydrogen) atoms. The number of nitrogens with zero attached hydrogens (tertiary/aromatic N) is 4. The number of nitro groups is 2. The quantitative estimate of drug-likeness (QED) is 0.131. The summed E-state index contributed by atoms with van der Waals surface area (Å²) in [5.74, 6) is 0. The fourth-order valence-corrected chi connectivity index (χ4v) is 3.76. The maximum absolute atomic E-state index is 11.2. The maximum Gasteiger partial charge on any atom is 0.276 e. The van der Waals surface area contributed by atoms with Crippen LogP contribution in [-0.2, 0) is 0 Å². The van der Waals surface area contributed by atoms with Gasteiger partial charge in [0, 0.05) is 35.7 Å². The molecular weight excluding hydrogens is 480 g/mol. The van der Waals surface area contributed by atoms with Crippen molar-refractivity contribution in [2.45, 2.75) is 0 Å². The van der Waals surface area contributed by atoms with Gasteiger partial charge in [0.25, 0.3) is 11.4 Å². The zero-order valence-electron chi connectivity index (χ0n) is 20.1. The molecule has 0 fully saturated rings. The summed E-state index contributed by atoms with van der Waals surface area (Å²) in [5.41, 5.74) is 4.17. The number of allylic oxidation sites excluding steroid dienone is 2. The molecule has 186 valence electrons. The van der Waals surface area contributed by atoms with Gasteiger partial charge >= 0.3 is 0 Å². The molecule has 0 saturated carbocycles. The number of hydrogen-bond donors (Lipinski definition) is 0. The second-order valence-electron chi connectivity index (χ2n) is 7.94. The van der Waals surface area contributed by atoms with Crippen LogP contribution in [0.2, 0.25) is 0 Å². The van der Waals surface area contributed by atoms with E-state index in [1.54, 1.807) is 73.1 Å². The monoisotopic (exact) mass is 502 g/mol. The number of nitro benzene ring substituents is 2. The highest BCUT2D eigenvalue weighted by molar-refractivity contribution is 5.90. The molecule has 0 amide bonds. The highest BCUT2D eigenvalue weighted by Crippen LogP contribution is 2.36. The predicted molar refractivity (Wildman–Crippen MR) is 152 cm³/mol. The van der Waals surface area contributed by atoms with Gasteiger partial charge in [-0.3, -0.25) is 30.2 Å². The van der Waals surface area contributed by atoms with Gasteiger partial charge in [0.1, 0.15) is 0 Å². The van der Waals surface area contributed by atoms with E-state index >= 15 is 0 Å². The van der Waals surface area contributed by atoms with Gasteiger partial charge < -0.3 is 0 Å². The third kappa shape index (κ3) is 6.38. The van der Waals surface area contributed by atoms with Gasteiger partial charge in [0.2, 0.25) is 0 Å². The zero-order chi connectivity index (χ0) is 26.7. The van der Waals surface area contributed by atoms with Crippen LogP contribution in [-0.4, -0.2) is 22.3 Å². The molecule has 0 N–H and O–H groups in total. The van der Waals surface area contributed by atoms with Gasteiger partial charge in [-0.25, -0.2) is 0 Å². The van der Waals surface area contributed by atoms with Crippen LogP contribution in [0, 0.1) is 20.2 Å². The van der Waals surface area contributed by atoms with Crippen LogP contribution in [0.3, 0.4) is 0 Å². The van der Waals surface area contributed by atoms with Crippen molar-refractivity contribution in [1.29, 1.82) is 0 Å². The lowest BCUT2D eigenvalue weighted by Crippen LogP contribution is -1.90. The topological polar surface area (TPSA) is 111 Å². The second-order valence-corrected chi connectivity index (χ2v) is 7.94.